The first-order valence-electron chi connectivity index (χ1n) is 7.81. The van der Waals surface area contributed by atoms with E-state index in [1.807, 2.05) is 0 Å². The van der Waals surface area contributed by atoms with Crippen LogP contribution in [0.1, 0.15) is 27.0 Å². The summed E-state index contributed by atoms with van der Waals surface area (Å²) >= 11 is 7.14. The van der Waals surface area contributed by atoms with Gasteiger partial charge in [0.2, 0.25) is 11.7 Å². The Morgan fingerprint density at radius 1 is 1.23 bits per heavy atom. The predicted octanol–water partition coefficient (Wildman–Crippen LogP) is 3.19. The van der Waals surface area contributed by atoms with E-state index in [1.165, 1.54) is 36.5 Å². The van der Waals surface area contributed by atoms with E-state index in [2.05, 4.69) is 5.32 Å². The van der Waals surface area contributed by atoms with E-state index >= 15 is 0 Å². The molecule has 138 valence electrons. The third-order valence-electron chi connectivity index (χ3n) is 3.43. The number of ketones is 1. The maximum Gasteiger partial charge on any atom is 0.310 e. The Bertz CT molecular complexity index is 801. The number of nitrogens with one attached hydrogen (secondary N) is 1. The minimum absolute atomic E-state index is 0.0444. The van der Waals surface area contributed by atoms with Gasteiger partial charge in [-0.2, -0.15) is 0 Å². The lowest BCUT2D eigenvalue weighted by molar-refractivity contribution is -0.141. The summed E-state index contributed by atoms with van der Waals surface area (Å²) < 4.78 is 18.6. The van der Waals surface area contributed by atoms with Crippen LogP contribution in [0.5, 0.6) is 0 Å². The first-order chi connectivity index (χ1) is 12.4. The molecule has 1 N–H and O–H groups in total. The average molecular weight is 398 g/mol. The summed E-state index contributed by atoms with van der Waals surface area (Å²) in [6, 6.07) is 7.56. The molecule has 1 aromatic carbocycles. The molecule has 0 fully saturated rings. The van der Waals surface area contributed by atoms with Crippen molar-refractivity contribution in [2.24, 2.45) is 0 Å². The highest BCUT2D eigenvalue weighted by molar-refractivity contribution is 7.14. The van der Waals surface area contributed by atoms with E-state index in [-0.39, 0.29) is 28.7 Å². The van der Waals surface area contributed by atoms with Crippen LogP contribution in [0.2, 0.25) is 5.02 Å². The number of esters is 1. The van der Waals surface area contributed by atoms with Crippen molar-refractivity contribution in [3.05, 3.63) is 56.5 Å². The van der Waals surface area contributed by atoms with Gasteiger partial charge in [0.25, 0.3) is 0 Å². The summed E-state index contributed by atoms with van der Waals surface area (Å²) in [7, 11) is 0. The van der Waals surface area contributed by atoms with Gasteiger partial charge >= 0.3 is 5.97 Å². The van der Waals surface area contributed by atoms with Gasteiger partial charge < -0.3 is 10.1 Å². The zero-order valence-corrected chi connectivity index (χ0v) is 15.6. The molecule has 2 aromatic rings. The number of ether oxygens (including phenoxy) is 1. The molecule has 0 atom stereocenters. The maximum absolute atomic E-state index is 13.6. The molecule has 0 saturated heterocycles. The van der Waals surface area contributed by atoms with Crippen molar-refractivity contribution in [2.75, 3.05) is 13.2 Å². The number of hydrogen-bond acceptors (Lipinski definition) is 5. The van der Waals surface area contributed by atoms with E-state index in [1.54, 1.807) is 12.1 Å². The Balaban J connectivity index is 1.83. The van der Waals surface area contributed by atoms with E-state index in [0.717, 1.165) is 4.88 Å². The van der Waals surface area contributed by atoms with Crippen LogP contribution in [0.25, 0.3) is 0 Å². The molecule has 0 aliphatic carbocycles. The number of benzene rings is 1. The maximum atomic E-state index is 13.6. The lowest BCUT2D eigenvalue weighted by Crippen LogP contribution is -2.22. The van der Waals surface area contributed by atoms with Gasteiger partial charge in [0.05, 0.1) is 11.3 Å². The number of carbonyl (C=O) groups is 3. The number of hydrogen-bond donors (Lipinski definition) is 1. The lowest BCUT2D eigenvalue weighted by atomic mass is 10.1. The van der Waals surface area contributed by atoms with E-state index < -0.39 is 18.4 Å². The monoisotopic (exact) mass is 397 g/mol. The number of amides is 1. The van der Waals surface area contributed by atoms with Crippen molar-refractivity contribution in [3.8, 4) is 0 Å². The molecule has 1 aromatic heterocycles. The molecule has 5 nitrogen and oxygen atoms in total. The topological polar surface area (TPSA) is 72.5 Å². The molecule has 0 saturated carbocycles. The smallest absolute Gasteiger partial charge is 0.310 e. The molecule has 0 aliphatic rings. The van der Waals surface area contributed by atoms with Gasteiger partial charge in [-0.15, -0.1) is 11.3 Å². The molecule has 0 unspecified atom stereocenters. The van der Waals surface area contributed by atoms with Crippen LogP contribution >= 0.6 is 22.9 Å². The SMILES string of the molecule is CC(=O)NCCc1ccc(C(=O)COC(=O)Cc2c(F)cccc2Cl)s1. The van der Waals surface area contributed by atoms with Gasteiger partial charge in [-0.1, -0.05) is 17.7 Å². The van der Waals surface area contributed by atoms with Gasteiger partial charge in [0.15, 0.2) is 6.61 Å². The largest absolute Gasteiger partial charge is 0.457 e. The van der Waals surface area contributed by atoms with Crippen LogP contribution in [-0.4, -0.2) is 30.8 Å². The molecule has 0 bridgehead atoms. The Hall–Kier alpha value is -2.25. The zero-order chi connectivity index (χ0) is 19.1. The molecule has 2 rings (SSSR count). The second-order valence-corrected chi connectivity index (χ2v) is 7.04. The fraction of sp³-hybridized carbons (Fsp3) is 0.278. The highest BCUT2D eigenvalue weighted by Gasteiger charge is 2.16. The molecular formula is C18H17ClFNO4S. The van der Waals surface area contributed by atoms with Crippen molar-refractivity contribution in [3.63, 3.8) is 0 Å². The molecule has 1 amide bonds. The minimum atomic E-state index is -0.729. The van der Waals surface area contributed by atoms with Crippen LogP contribution in [0.3, 0.4) is 0 Å². The van der Waals surface area contributed by atoms with Crippen molar-refractivity contribution < 1.29 is 23.5 Å². The second-order valence-electron chi connectivity index (χ2n) is 5.46. The first kappa shape index (κ1) is 20.1. The molecular weight excluding hydrogens is 381 g/mol. The Labute approximate surface area is 159 Å². The van der Waals surface area contributed by atoms with E-state index in [4.69, 9.17) is 16.3 Å². The van der Waals surface area contributed by atoms with Gasteiger partial charge in [-0.3, -0.25) is 14.4 Å². The minimum Gasteiger partial charge on any atom is -0.457 e. The summed E-state index contributed by atoms with van der Waals surface area (Å²) in [5, 5.41) is 2.81. The lowest BCUT2D eigenvalue weighted by Gasteiger charge is -2.06. The number of thiophene rings is 1. The van der Waals surface area contributed by atoms with Crippen LogP contribution in [0, 0.1) is 5.82 Å². The van der Waals surface area contributed by atoms with Gasteiger partial charge in [0, 0.05) is 28.9 Å². The number of Topliss-reactive ketones (excluding diaryl/α,β-unsaturated/α-hetero) is 1. The van der Waals surface area contributed by atoms with Crippen LogP contribution in [-0.2, 0) is 27.2 Å². The number of halogens is 2. The third kappa shape index (κ3) is 5.93. The first-order valence-corrected chi connectivity index (χ1v) is 9.01. The fourth-order valence-corrected chi connectivity index (χ4v) is 3.30. The molecule has 1 heterocycles. The van der Waals surface area contributed by atoms with Crippen molar-refractivity contribution in [1.29, 1.82) is 0 Å². The number of rotatable bonds is 8. The highest BCUT2D eigenvalue weighted by Crippen LogP contribution is 2.20. The van der Waals surface area contributed by atoms with Gasteiger partial charge in [0.1, 0.15) is 5.82 Å². The summed E-state index contributed by atoms with van der Waals surface area (Å²) in [4.78, 5) is 36.1. The van der Waals surface area contributed by atoms with Crippen molar-refractivity contribution >= 4 is 40.6 Å². The third-order valence-corrected chi connectivity index (χ3v) is 4.97. The molecule has 26 heavy (non-hydrogen) atoms. The summed E-state index contributed by atoms with van der Waals surface area (Å²) in [5.74, 6) is -1.77. The van der Waals surface area contributed by atoms with E-state index in [9.17, 15) is 18.8 Å². The second kappa shape index (κ2) is 9.45. The summed E-state index contributed by atoms with van der Waals surface area (Å²) in [6.07, 6.45) is 0.272. The van der Waals surface area contributed by atoms with Crippen molar-refractivity contribution in [1.82, 2.24) is 5.32 Å². The summed E-state index contributed by atoms with van der Waals surface area (Å²) in [5.41, 5.74) is 0.0444. The van der Waals surface area contributed by atoms with Gasteiger partial charge in [-0.25, -0.2) is 4.39 Å². The normalized spacial score (nSPS) is 10.4. The Morgan fingerprint density at radius 3 is 2.69 bits per heavy atom. The molecule has 8 heteroatoms. The van der Waals surface area contributed by atoms with Crippen LogP contribution in [0.4, 0.5) is 4.39 Å². The van der Waals surface area contributed by atoms with Gasteiger partial charge in [-0.05, 0) is 30.7 Å². The number of carbonyl (C=O) groups excluding carboxylic acids is 3. The van der Waals surface area contributed by atoms with E-state index in [0.29, 0.717) is 17.8 Å². The predicted molar refractivity (Wildman–Crippen MR) is 97.1 cm³/mol. The summed E-state index contributed by atoms with van der Waals surface area (Å²) in [6.45, 7) is 1.50. The molecule has 0 radical (unpaired) electrons. The quantitative estimate of drug-likeness (QED) is 0.548. The standard InChI is InChI=1S/C18H17ClFNO4S/c1-11(22)21-8-7-12-5-6-17(26-12)16(23)10-25-18(24)9-13-14(19)3-2-4-15(13)20/h2-6H,7-10H2,1H3,(H,21,22). The fourth-order valence-electron chi connectivity index (χ4n) is 2.14. The Kier molecular flexibility index (Phi) is 7.29. The molecule has 0 aliphatic heterocycles. The Morgan fingerprint density at radius 2 is 2.00 bits per heavy atom. The van der Waals surface area contributed by atoms with Crippen LogP contribution in [0.15, 0.2) is 30.3 Å². The van der Waals surface area contributed by atoms with Crippen molar-refractivity contribution in [2.45, 2.75) is 19.8 Å². The zero-order valence-electron chi connectivity index (χ0n) is 14.0. The average Bonchev–Trinajstić information content (AvgIpc) is 3.05. The van der Waals surface area contributed by atoms with Crippen LogP contribution < -0.4 is 5.32 Å². The molecule has 0 spiro atoms. The highest BCUT2D eigenvalue weighted by atomic mass is 35.5.